The summed E-state index contributed by atoms with van der Waals surface area (Å²) in [6.45, 7) is 0.0210. The molecule has 7 nitrogen and oxygen atoms in total. The summed E-state index contributed by atoms with van der Waals surface area (Å²) in [6.07, 6.45) is 1.19. The fourth-order valence-corrected chi connectivity index (χ4v) is 1.61. The Bertz CT molecular complexity index is 601. The molecular weight excluding hydrogens is 280 g/mol. The Balaban J connectivity index is 1.85. The minimum atomic E-state index is -0.312. The number of thiocarbonyl (C=S) groups is 1. The van der Waals surface area contributed by atoms with E-state index in [1.54, 1.807) is 24.3 Å². The van der Waals surface area contributed by atoms with Crippen LogP contribution < -0.4 is 15.8 Å². The molecule has 1 amide bonds. The second kappa shape index (κ2) is 6.62. The molecular formula is C12H12N4O3S. The Morgan fingerprint density at radius 1 is 1.45 bits per heavy atom. The normalized spacial score (nSPS) is 10.0. The number of para-hydroxylation sites is 1. The van der Waals surface area contributed by atoms with Gasteiger partial charge < -0.3 is 20.3 Å². The highest BCUT2D eigenvalue weighted by atomic mass is 32.1. The molecule has 0 aliphatic rings. The molecule has 0 aliphatic carbocycles. The van der Waals surface area contributed by atoms with Crippen LogP contribution in [0.3, 0.4) is 0 Å². The van der Waals surface area contributed by atoms with Crippen molar-refractivity contribution >= 4 is 23.1 Å². The maximum atomic E-state index is 11.6. The number of ether oxygens (including phenoxy) is 1. The lowest BCUT2D eigenvalue weighted by atomic mass is 10.2. The zero-order chi connectivity index (χ0) is 14.4. The van der Waals surface area contributed by atoms with Crippen molar-refractivity contribution in [2.75, 3.05) is 6.61 Å². The second-order valence-corrected chi connectivity index (χ2v) is 4.21. The summed E-state index contributed by atoms with van der Waals surface area (Å²) in [5, 5.41) is 6.16. The molecule has 1 heterocycles. The largest absolute Gasteiger partial charge is 0.483 e. The van der Waals surface area contributed by atoms with Crippen LogP contribution in [0.1, 0.15) is 11.4 Å². The minimum Gasteiger partial charge on any atom is -0.483 e. The number of aromatic nitrogens is 2. The van der Waals surface area contributed by atoms with Crippen molar-refractivity contribution in [2.24, 2.45) is 5.73 Å². The van der Waals surface area contributed by atoms with Gasteiger partial charge in [0.1, 0.15) is 10.7 Å². The van der Waals surface area contributed by atoms with Gasteiger partial charge in [-0.15, -0.1) is 0 Å². The standard InChI is InChI=1S/C12H12N4O3S/c13-12(20)8-3-1-2-4-9(8)18-6-11(17)14-5-10-15-7-19-16-10/h1-4,7H,5-6H2,(H2,13,20)(H,14,17). The van der Waals surface area contributed by atoms with Crippen molar-refractivity contribution < 1.29 is 14.1 Å². The maximum Gasteiger partial charge on any atom is 0.258 e. The van der Waals surface area contributed by atoms with Gasteiger partial charge in [0.25, 0.3) is 5.91 Å². The first-order valence-electron chi connectivity index (χ1n) is 5.70. The Hall–Kier alpha value is -2.48. The molecule has 3 N–H and O–H groups in total. The van der Waals surface area contributed by atoms with Crippen molar-refractivity contribution in [2.45, 2.75) is 6.54 Å². The summed E-state index contributed by atoms with van der Waals surface area (Å²) in [5.74, 6) is 0.546. The van der Waals surface area contributed by atoms with Gasteiger partial charge in [-0.05, 0) is 12.1 Å². The molecule has 8 heteroatoms. The third-order valence-corrected chi connectivity index (χ3v) is 2.58. The summed E-state index contributed by atoms with van der Waals surface area (Å²) in [4.78, 5) is 15.6. The molecule has 1 aromatic heterocycles. The summed E-state index contributed by atoms with van der Waals surface area (Å²) in [6, 6.07) is 6.99. The molecule has 20 heavy (non-hydrogen) atoms. The number of benzene rings is 1. The van der Waals surface area contributed by atoms with E-state index >= 15 is 0 Å². The van der Waals surface area contributed by atoms with Crippen LogP contribution in [0.15, 0.2) is 35.2 Å². The van der Waals surface area contributed by atoms with Crippen molar-refractivity contribution in [3.63, 3.8) is 0 Å². The lowest BCUT2D eigenvalue weighted by Gasteiger charge is -2.10. The number of hydrogen-bond donors (Lipinski definition) is 2. The van der Waals surface area contributed by atoms with Crippen LogP contribution in [0.4, 0.5) is 0 Å². The lowest BCUT2D eigenvalue weighted by molar-refractivity contribution is -0.123. The van der Waals surface area contributed by atoms with Crippen LogP contribution in [0.25, 0.3) is 0 Å². The summed E-state index contributed by atoms with van der Waals surface area (Å²) in [7, 11) is 0. The number of nitrogens with one attached hydrogen (secondary N) is 1. The van der Waals surface area contributed by atoms with E-state index in [-0.39, 0.29) is 24.0 Å². The van der Waals surface area contributed by atoms with Crippen molar-refractivity contribution in [3.05, 3.63) is 42.0 Å². The van der Waals surface area contributed by atoms with Gasteiger partial charge in [-0.2, -0.15) is 4.98 Å². The average molecular weight is 292 g/mol. The Morgan fingerprint density at radius 2 is 2.25 bits per heavy atom. The van der Waals surface area contributed by atoms with Crippen LogP contribution >= 0.6 is 12.2 Å². The predicted molar refractivity (Wildman–Crippen MR) is 74.0 cm³/mol. The van der Waals surface area contributed by atoms with Gasteiger partial charge in [-0.3, -0.25) is 4.79 Å². The van der Waals surface area contributed by atoms with Gasteiger partial charge >= 0.3 is 0 Å². The van der Waals surface area contributed by atoms with Crippen LogP contribution in [0, 0.1) is 0 Å². The van der Waals surface area contributed by atoms with Gasteiger partial charge in [-0.1, -0.05) is 29.5 Å². The molecule has 0 fully saturated rings. The number of nitrogens with two attached hydrogens (primary N) is 1. The summed E-state index contributed by atoms with van der Waals surface area (Å²) in [5.41, 5.74) is 6.16. The number of amides is 1. The molecule has 2 rings (SSSR count). The molecule has 0 spiro atoms. The molecule has 0 radical (unpaired) electrons. The Labute approximate surface area is 120 Å². The van der Waals surface area contributed by atoms with Crippen LogP contribution in [0.5, 0.6) is 5.75 Å². The van der Waals surface area contributed by atoms with Crippen molar-refractivity contribution in [3.8, 4) is 5.75 Å². The first kappa shape index (κ1) is 13.9. The molecule has 0 unspecified atom stereocenters. The van der Waals surface area contributed by atoms with E-state index in [1.165, 1.54) is 6.39 Å². The highest BCUT2D eigenvalue weighted by molar-refractivity contribution is 7.80. The van der Waals surface area contributed by atoms with Crippen molar-refractivity contribution in [1.29, 1.82) is 0 Å². The molecule has 2 aromatic rings. The zero-order valence-electron chi connectivity index (χ0n) is 10.4. The van der Waals surface area contributed by atoms with Gasteiger partial charge in [0.15, 0.2) is 12.4 Å². The number of carbonyl (C=O) groups excluding carboxylic acids is 1. The third-order valence-electron chi connectivity index (χ3n) is 2.36. The number of nitrogens with zero attached hydrogens (tertiary/aromatic N) is 2. The fourth-order valence-electron chi connectivity index (χ4n) is 1.44. The second-order valence-electron chi connectivity index (χ2n) is 3.77. The number of carbonyl (C=O) groups is 1. The van der Waals surface area contributed by atoms with Crippen LogP contribution in [-0.2, 0) is 11.3 Å². The lowest BCUT2D eigenvalue weighted by Crippen LogP contribution is -2.29. The van der Waals surface area contributed by atoms with Gasteiger partial charge in [0.2, 0.25) is 6.39 Å². The first-order valence-corrected chi connectivity index (χ1v) is 6.11. The number of rotatable bonds is 6. The van der Waals surface area contributed by atoms with Crippen LogP contribution in [0.2, 0.25) is 0 Å². The van der Waals surface area contributed by atoms with E-state index < -0.39 is 0 Å². The Kier molecular flexibility index (Phi) is 4.61. The third kappa shape index (κ3) is 3.75. The molecule has 1 aromatic carbocycles. The first-order chi connectivity index (χ1) is 9.66. The van der Waals surface area contributed by atoms with Gasteiger partial charge in [0.05, 0.1) is 12.1 Å². The summed E-state index contributed by atoms with van der Waals surface area (Å²) >= 11 is 4.90. The van der Waals surface area contributed by atoms with E-state index in [2.05, 4.69) is 20.0 Å². The van der Waals surface area contributed by atoms with E-state index in [0.29, 0.717) is 17.1 Å². The van der Waals surface area contributed by atoms with E-state index in [0.717, 1.165) is 0 Å². The minimum absolute atomic E-state index is 0.155. The SMILES string of the molecule is NC(=S)c1ccccc1OCC(=O)NCc1ncon1. The zero-order valence-corrected chi connectivity index (χ0v) is 11.2. The topological polar surface area (TPSA) is 103 Å². The van der Waals surface area contributed by atoms with Gasteiger partial charge in [0, 0.05) is 0 Å². The molecule has 0 saturated carbocycles. The number of hydrogen-bond acceptors (Lipinski definition) is 6. The fraction of sp³-hybridized carbons (Fsp3) is 0.167. The predicted octanol–water partition coefficient (Wildman–Crippen LogP) is 0.399. The van der Waals surface area contributed by atoms with E-state index in [1.807, 2.05) is 0 Å². The molecule has 104 valence electrons. The highest BCUT2D eigenvalue weighted by Crippen LogP contribution is 2.17. The molecule has 0 aliphatic heterocycles. The van der Waals surface area contributed by atoms with Gasteiger partial charge in [-0.25, -0.2) is 0 Å². The highest BCUT2D eigenvalue weighted by Gasteiger charge is 2.08. The maximum absolute atomic E-state index is 11.6. The van der Waals surface area contributed by atoms with E-state index in [9.17, 15) is 4.79 Å². The van der Waals surface area contributed by atoms with Crippen LogP contribution in [-0.4, -0.2) is 27.6 Å². The molecule has 0 saturated heterocycles. The van der Waals surface area contributed by atoms with Crippen molar-refractivity contribution in [1.82, 2.24) is 15.5 Å². The monoisotopic (exact) mass is 292 g/mol. The molecule has 0 bridgehead atoms. The van der Waals surface area contributed by atoms with E-state index in [4.69, 9.17) is 22.7 Å². The molecule has 0 atom stereocenters. The Morgan fingerprint density at radius 3 is 2.95 bits per heavy atom. The average Bonchev–Trinajstić information content (AvgIpc) is 2.96. The quantitative estimate of drug-likeness (QED) is 0.743. The smallest absolute Gasteiger partial charge is 0.258 e. The summed E-state index contributed by atoms with van der Waals surface area (Å²) < 4.78 is 9.93.